The van der Waals surface area contributed by atoms with Gasteiger partial charge in [-0.15, -0.1) is 0 Å². The third-order valence-electron chi connectivity index (χ3n) is 3.57. The quantitative estimate of drug-likeness (QED) is 0.825. The highest BCUT2D eigenvalue weighted by Gasteiger charge is 2.27. The van der Waals surface area contributed by atoms with Crippen molar-refractivity contribution < 1.29 is 4.79 Å². The number of carbonyl (C=O) groups is 1. The Hall–Kier alpha value is -1.07. The standard InChI is InChI=1S/C13H19N3OS/c1-9-4-2-3-5-11(9)13(17)16-10-6-7-15-12(8-10)18-14/h6-9,11H,2-5,14H2,1H3,(H,15,16,17). The number of aromatic nitrogens is 1. The minimum atomic E-state index is 0.126. The van der Waals surface area contributed by atoms with E-state index >= 15 is 0 Å². The SMILES string of the molecule is CC1CCCCC1C(=O)Nc1ccnc(SN)c1. The Morgan fingerprint density at radius 3 is 3.00 bits per heavy atom. The number of pyridine rings is 1. The summed E-state index contributed by atoms with van der Waals surface area (Å²) in [5.41, 5.74) is 0.778. The van der Waals surface area contributed by atoms with Gasteiger partial charge in [-0.25, -0.2) is 4.98 Å². The number of carbonyl (C=O) groups excluding carboxylic acids is 1. The van der Waals surface area contributed by atoms with Gasteiger partial charge in [0.05, 0.1) is 0 Å². The van der Waals surface area contributed by atoms with Crippen LogP contribution in [0.1, 0.15) is 32.6 Å². The zero-order valence-corrected chi connectivity index (χ0v) is 11.4. The van der Waals surface area contributed by atoms with E-state index in [1.807, 2.05) is 0 Å². The molecule has 1 saturated carbocycles. The van der Waals surface area contributed by atoms with Crippen LogP contribution in [0.3, 0.4) is 0 Å². The van der Waals surface area contributed by atoms with Crippen LogP contribution >= 0.6 is 11.9 Å². The van der Waals surface area contributed by atoms with Crippen molar-refractivity contribution in [3.05, 3.63) is 18.3 Å². The van der Waals surface area contributed by atoms with Crippen molar-refractivity contribution in [2.75, 3.05) is 5.32 Å². The highest BCUT2D eigenvalue weighted by Crippen LogP contribution is 2.30. The van der Waals surface area contributed by atoms with Gasteiger partial charge in [0.2, 0.25) is 5.91 Å². The van der Waals surface area contributed by atoms with Gasteiger partial charge in [-0.05, 0) is 42.8 Å². The molecule has 5 heteroatoms. The Morgan fingerprint density at radius 2 is 2.28 bits per heavy atom. The molecule has 2 rings (SSSR count). The van der Waals surface area contributed by atoms with Gasteiger partial charge in [0.15, 0.2) is 0 Å². The van der Waals surface area contributed by atoms with Crippen molar-refractivity contribution in [1.82, 2.24) is 4.98 Å². The average molecular weight is 265 g/mol. The first kappa shape index (κ1) is 13.4. The number of amides is 1. The summed E-state index contributed by atoms with van der Waals surface area (Å²) in [6.07, 6.45) is 6.21. The Kier molecular flexibility index (Phi) is 4.60. The first-order chi connectivity index (χ1) is 8.70. The molecule has 1 aliphatic rings. The van der Waals surface area contributed by atoms with Crippen LogP contribution in [0.2, 0.25) is 0 Å². The van der Waals surface area contributed by atoms with Crippen molar-refractivity contribution in [2.45, 2.75) is 37.6 Å². The number of hydrogen-bond acceptors (Lipinski definition) is 4. The maximum atomic E-state index is 12.2. The van der Waals surface area contributed by atoms with Crippen molar-refractivity contribution in [2.24, 2.45) is 17.0 Å². The fraction of sp³-hybridized carbons (Fsp3) is 0.538. The lowest BCUT2D eigenvalue weighted by atomic mass is 9.80. The van der Waals surface area contributed by atoms with E-state index in [1.54, 1.807) is 18.3 Å². The fourth-order valence-electron chi connectivity index (χ4n) is 2.49. The molecular formula is C13H19N3OS. The largest absolute Gasteiger partial charge is 0.326 e. The number of nitrogens with two attached hydrogens (primary N) is 1. The number of nitrogens with zero attached hydrogens (tertiary/aromatic N) is 1. The molecule has 3 N–H and O–H groups in total. The first-order valence-electron chi connectivity index (χ1n) is 6.34. The second kappa shape index (κ2) is 6.20. The number of nitrogens with one attached hydrogen (secondary N) is 1. The lowest BCUT2D eigenvalue weighted by molar-refractivity contribution is -0.122. The molecule has 0 bridgehead atoms. The van der Waals surface area contributed by atoms with E-state index in [2.05, 4.69) is 17.2 Å². The zero-order valence-electron chi connectivity index (χ0n) is 10.6. The van der Waals surface area contributed by atoms with E-state index in [0.29, 0.717) is 10.9 Å². The van der Waals surface area contributed by atoms with Gasteiger partial charge in [0, 0.05) is 17.8 Å². The second-order valence-electron chi connectivity index (χ2n) is 4.86. The molecule has 1 aromatic rings. The lowest BCUT2D eigenvalue weighted by Crippen LogP contribution is -2.30. The Morgan fingerprint density at radius 1 is 1.50 bits per heavy atom. The van der Waals surface area contributed by atoms with Crippen LogP contribution in [0.15, 0.2) is 23.4 Å². The van der Waals surface area contributed by atoms with E-state index in [0.717, 1.165) is 36.9 Å². The topological polar surface area (TPSA) is 68.0 Å². The molecule has 0 spiro atoms. The fourth-order valence-corrected chi connectivity index (χ4v) is 2.81. The monoisotopic (exact) mass is 265 g/mol. The van der Waals surface area contributed by atoms with Crippen LogP contribution in [0, 0.1) is 11.8 Å². The smallest absolute Gasteiger partial charge is 0.227 e. The van der Waals surface area contributed by atoms with Gasteiger partial charge < -0.3 is 5.32 Å². The molecule has 1 aliphatic carbocycles. The molecule has 0 aromatic carbocycles. The van der Waals surface area contributed by atoms with Gasteiger partial charge in [-0.3, -0.25) is 9.93 Å². The van der Waals surface area contributed by atoms with Gasteiger partial charge in [0.1, 0.15) is 5.03 Å². The Labute approximate surface area is 112 Å². The molecule has 98 valence electrons. The molecular weight excluding hydrogens is 246 g/mol. The van der Waals surface area contributed by atoms with Crippen molar-refractivity contribution in [3.8, 4) is 0 Å². The van der Waals surface area contributed by atoms with Crippen molar-refractivity contribution in [1.29, 1.82) is 0 Å². The molecule has 1 amide bonds. The third-order valence-corrected chi connectivity index (χ3v) is 4.04. The number of hydrogen-bond donors (Lipinski definition) is 2. The molecule has 0 saturated heterocycles. The van der Waals surface area contributed by atoms with Crippen LogP contribution in [0.4, 0.5) is 5.69 Å². The van der Waals surface area contributed by atoms with E-state index in [4.69, 9.17) is 5.14 Å². The van der Waals surface area contributed by atoms with E-state index in [-0.39, 0.29) is 11.8 Å². The van der Waals surface area contributed by atoms with Crippen molar-refractivity contribution >= 4 is 23.5 Å². The average Bonchev–Trinajstić information content (AvgIpc) is 2.39. The summed E-state index contributed by atoms with van der Waals surface area (Å²) < 4.78 is 0. The highest BCUT2D eigenvalue weighted by atomic mass is 32.2. The first-order valence-corrected chi connectivity index (χ1v) is 7.22. The van der Waals surface area contributed by atoms with Crippen LogP contribution in [-0.4, -0.2) is 10.9 Å². The van der Waals surface area contributed by atoms with E-state index in [9.17, 15) is 4.79 Å². The number of rotatable bonds is 3. The molecule has 1 fully saturated rings. The molecule has 2 atom stereocenters. The summed E-state index contributed by atoms with van der Waals surface area (Å²) in [6, 6.07) is 3.60. The molecule has 0 radical (unpaired) electrons. The molecule has 4 nitrogen and oxygen atoms in total. The Balaban J connectivity index is 2.01. The van der Waals surface area contributed by atoms with E-state index < -0.39 is 0 Å². The number of anilines is 1. The van der Waals surface area contributed by atoms with E-state index in [1.165, 1.54) is 6.42 Å². The summed E-state index contributed by atoms with van der Waals surface area (Å²) in [6.45, 7) is 2.16. The summed E-state index contributed by atoms with van der Waals surface area (Å²) in [4.78, 5) is 16.3. The van der Waals surface area contributed by atoms with Gasteiger partial charge in [-0.2, -0.15) is 0 Å². The van der Waals surface area contributed by atoms with Crippen LogP contribution in [0.25, 0.3) is 0 Å². The minimum absolute atomic E-state index is 0.126. The molecule has 0 aliphatic heterocycles. The minimum Gasteiger partial charge on any atom is -0.326 e. The van der Waals surface area contributed by atoms with Crippen LogP contribution in [0.5, 0.6) is 0 Å². The summed E-state index contributed by atoms with van der Waals surface area (Å²) in [5, 5.41) is 9.14. The normalized spacial score (nSPS) is 23.7. The maximum absolute atomic E-state index is 12.2. The van der Waals surface area contributed by atoms with Crippen LogP contribution < -0.4 is 10.5 Å². The summed E-state index contributed by atoms with van der Waals surface area (Å²) >= 11 is 1.08. The maximum Gasteiger partial charge on any atom is 0.227 e. The van der Waals surface area contributed by atoms with Gasteiger partial charge in [0.25, 0.3) is 0 Å². The molecule has 18 heavy (non-hydrogen) atoms. The summed E-state index contributed by atoms with van der Waals surface area (Å²) in [7, 11) is 0. The van der Waals surface area contributed by atoms with Crippen molar-refractivity contribution in [3.63, 3.8) is 0 Å². The Bertz CT molecular complexity index is 424. The van der Waals surface area contributed by atoms with Gasteiger partial charge >= 0.3 is 0 Å². The van der Waals surface area contributed by atoms with Crippen LogP contribution in [-0.2, 0) is 4.79 Å². The predicted octanol–water partition coefficient (Wildman–Crippen LogP) is 2.81. The molecule has 1 heterocycles. The third kappa shape index (κ3) is 3.23. The summed E-state index contributed by atoms with van der Waals surface area (Å²) in [5.74, 6) is 0.742. The zero-order chi connectivity index (χ0) is 13.0. The lowest BCUT2D eigenvalue weighted by Gasteiger charge is -2.27. The highest BCUT2D eigenvalue weighted by molar-refractivity contribution is 7.97. The van der Waals surface area contributed by atoms with Gasteiger partial charge in [-0.1, -0.05) is 19.8 Å². The molecule has 1 aromatic heterocycles. The molecule has 2 unspecified atom stereocenters. The second-order valence-corrected chi connectivity index (χ2v) is 5.51. The predicted molar refractivity (Wildman–Crippen MR) is 74.0 cm³/mol.